The molecule has 1 atom stereocenters. The van der Waals surface area contributed by atoms with Gasteiger partial charge in [-0.15, -0.1) is 11.3 Å². The molecule has 2 heterocycles. The molecule has 2 amide bonds. The Morgan fingerprint density at radius 2 is 1.73 bits per heavy atom. The van der Waals surface area contributed by atoms with Gasteiger partial charge in [-0.25, -0.2) is 8.42 Å². The van der Waals surface area contributed by atoms with E-state index in [1.807, 2.05) is 44.2 Å². The molecule has 162 valence electrons. The predicted octanol–water partition coefficient (Wildman–Crippen LogP) is 2.93. The maximum atomic E-state index is 13.1. The lowest BCUT2D eigenvalue weighted by Crippen LogP contribution is -2.53. The van der Waals surface area contributed by atoms with Gasteiger partial charge in [0.05, 0.1) is 0 Å². The van der Waals surface area contributed by atoms with E-state index in [9.17, 15) is 18.0 Å². The molecule has 1 saturated heterocycles. The highest BCUT2D eigenvalue weighted by atomic mass is 32.2. The second kappa shape index (κ2) is 9.72. The van der Waals surface area contributed by atoms with Crippen molar-refractivity contribution >= 4 is 38.9 Å². The number of nitrogens with zero attached hydrogens (tertiary/aromatic N) is 1. The Hall–Kier alpha value is -2.23. The molecule has 1 fully saturated rings. The van der Waals surface area contributed by atoms with Crippen molar-refractivity contribution in [1.29, 1.82) is 0 Å². The number of carbonyl (C=O) groups excluding carboxylic acids is 2. The van der Waals surface area contributed by atoms with Gasteiger partial charge in [0.15, 0.2) is 0 Å². The summed E-state index contributed by atoms with van der Waals surface area (Å²) in [5.74, 6) is -0.667. The van der Waals surface area contributed by atoms with Crippen LogP contribution >= 0.6 is 11.3 Å². The molecule has 9 heteroatoms. The van der Waals surface area contributed by atoms with Crippen LogP contribution in [0.4, 0.5) is 5.69 Å². The van der Waals surface area contributed by atoms with Crippen LogP contribution in [0.5, 0.6) is 0 Å². The Labute approximate surface area is 181 Å². The van der Waals surface area contributed by atoms with Crippen molar-refractivity contribution in [3.63, 3.8) is 0 Å². The van der Waals surface area contributed by atoms with Gasteiger partial charge >= 0.3 is 0 Å². The number of likely N-dealkylation sites (tertiary alicyclic amines) is 1. The minimum atomic E-state index is -3.75. The van der Waals surface area contributed by atoms with Crippen LogP contribution in [0.25, 0.3) is 0 Å². The summed E-state index contributed by atoms with van der Waals surface area (Å²) in [5, 5.41) is 4.60. The summed E-state index contributed by atoms with van der Waals surface area (Å²) in [6, 6.07) is 11.6. The standard InChI is InChI=1S/C21H27N3O4S2/c1-15(2)19(23-30(27,28)18-9-6-14-29-18)21(26)24-12-10-16(11-13-24)20(25)22-17-7-4-3-5-8-17/h3-9,14-16,19,23H,10-13H2,1-2H3,(H,22,25)/t19-/m0/s1. The number of nitrogens with one attached hydrogen (secondary N) is 2. The molecule has 0 bridgehead atoms. The fourth-order valence-corrected chi connectivity index (χ4v) is 5.79. The maximum Gasteiger partial charge on any atom is 0.250 e. The Morgan fingerprint density at radius 1 is 1.07 bits per heavy atom. The lowest BCUT2D eigenvalue weighted by Gasteiger charge is -2.34. The van der Waals surface area contributed by atoms with Gasteiger partial charge in [-0.1, -0.05) is 38.1 Å². The molecule has 2 N–H and O–H groups in total. The van der Waals surface area contributed by atoms with Crippen LogP contribution in [0.1, 0.15) is 26.7 Å². The van der Waals surface area contributed by atoms with Crippen molar-refractivity contribution in [3.05, 3.63) is 47.8 Å². The zero-order valence-electron chi connectivity index (χ0n) is 17.1. The summed E-state index contributed by atoms with van der Waals surface area (Å²) in [6.45, 7) is 4.49. The molecule has 0 saturated carbocycles. The number of para-hydroxylation sites is 1. The van der Waals surface area contributed by atoms with Crippen LogP contribution in [0, 0.1) is 11.8 Å². The average Bonchev–Trinajstić information content (AvgIpc) is 3.28. The quantitative estimate of drug-likeness (QED) is 0.679. The molecule has 0 radical (unpaired) electrons. The van der Waals surface area contributed by atoms with Crippen LogP contribution in [-0.4, -0.2) is 44.3 Å². The van der Waals surface area contributed by atoms with Crippen molar-refractivity contribution in [1.82, 2.24) is 9.62 Å². The molecule has 0 unspecified atom stereocenters. The lowest BCUT2D eigenvalue weighted by molar-refractivity contribution is -0.137. The summed E-state index contributed by atoms with van der Waals surface area (Å²) in [7, 11) is -3.75. The molecule has 0 aliphatic carbocycles. The van der Waals surface area contributed by atoms with Crippen LogP contribution < -0.4 is 10.0 Å². The number of benzene rings is 1. The molecule has 1 aliphatic rings. The minimum Gasteiger partial charge on any atom is -0.341 e. The van der Waals surface area contributed by atoms with E-state index in [4.69, 9.17) is 0 Å². The van der Waals surface area contributed by atoms with Gasteiger partial charge in [0, 0.05) is 24.7 Å². The van der Waals surface area contributed by atoms with E-state index in [-0.39, 0.29) is 27.9 Å². The van der Waals surface area contributed by atoms with Crippen molar-refractivity contribution in [2.24, 2.45) is 11.8 Å². The number of amides is 2. The molecule has 30 heavy (non-hydrogen) atoms. The average molecular weight is 450 g/mol. The smallest absolute Gasteiger partial charge is 0.250 e. The highest BCUT2D eigenvalue weighted by Crippen LogP contribution is 2.22. The normalized spacial score (nSPS) is 16.4. The summed E-state index contributed by atoms with van der Waals surface area (Å²) < 4.78 is 27.9. The van der Waals surface area contributed by atoms with Crippen molar-refractivity contribution in [3.8, 4) is 0 Å². The number of piperidine rings is 1. The first kappa shape index (κ1) is 22.5. The molecule has 1 aliphatic heterocycles. The van der Waals surface area contributed by atoms with E-state index in [0.29, 0.717) is 25.9 Å². The predicted molar refractivity (Wildman–Crippen MR) is 118 cm³/mol. The third kappa shape index (κ3) is 5.47. The van der Waals surface area contributed by atoms with E-state index in [2.05, 4.69) is 10.0 Å². The summed E-state index contributed by atoms with van der Waals surface area (Å²) in [6.07, 6.45) is 1.10. The number of carbonyl (C=O) groups is 2. The number of hydrogen-bond acceptors (Lipinski definition) is 5. The number of thiophene rings is 1. The van der Waals surface area contributed by atoms with Gasteiger partial charge < -0.3 is 10.2 Å². The molecular weight excluding hydrogens is 422 g/mol. The second-order valence-electron chi connectivity index (χ2n) is 7.73. The van der Waals surface area contributed by atoms with Crippen LogP contribution in [0.15, 0.2) is 52.1 Å². The Morgan fingerprint density at radius 3 is 2.30 bits per heavy atom. The molecule has 1 aromatic heterocycles. The maximum absolute atomic E-state index is 13.1. The van der Waals surface area contributed by atoms with Gasteiger partial charge in [0.1, 0.15) is 10.3 Å². The van der Waals surface area contributed by atoms with Crippen LogP contribution in [-0.2, 0) is 19.6 Å². The van der Waals surface area contributed by atoms with Gasteiger partial charge in [0.25, 0.3) is 10.0 Å². The number of anilines is 1. The van der Waals surface area contributed by atoms with Crippen LogP contribution in [0.2, 0.25) is 0 Å². The third-order valence-corrected chi connectivity index (χ3v) is 8.03. The fourth-order valence-electron chi connectivity index (χ4n) is 3.44. The molecule has 1 aromatic carbocycles. The van der Waals surface area contributed by atoms with E-state index >= 15 is 0 Å². The summed E-state index contributed by atoms with van der Waals surface area (Å²) in [5.41, 5.74) is 0.754. The first-order valence-corrected chi connectivity index (χ1v) is 12.3. The van der Waals surface area contributed by atoms with E-state index in [1.165, 1.54) is 6.07 Å². The largest absolute Gasteiger partial charge is 0.341 e. The highest BCUT2D eigenvalue weighted by Gasteiger charge is 2.34. The first-order valence-electron chi connectivity index (χ1n) is 9.98. The third-order valence-electron chi connectivity index (χ3n) is 5.19. The molecule has 2 aromatic rings. The van der Waals surface area contributed by atoms with E-state index in [1.54, 1.807) is 16.3 Å². The van der Waals surface area contributed by atoms with Crippen molar-refractivity contribution in [2.45, 2.75) is 36.9 Å². The van der Waals surface area contributed by atoms with Crippen molar-refractivity contribution in [2.75, 3.05) is 18.4 Å². The molecule has 7 nitrogen and oxygen atoms in total. The first-order chi connectivity index (χ1) is 14.3. The Bertz CT molecular complexity index is 951. The topological polar surface area (TPSA) is 95.6 Å². The van der Waals surface area contributed by atoms with Crippen LogP contribution in [0.3, 0.4) is 0 Å². The number of rotatable bonds is 7. The zero-order valence-corrected chi connectivity index (χ0v) is 18.7. The zero-order chi connectivity index (χ0) is 21.7. The van der Waals surface area contributed by atoms with E-state index in [0.717, 1.165) is 17.0 Å². The molecule has 3 rings (SSSR count). The Balaban J connectivity index is 1.59. The Kier molecular flexibility index (Phi) is 7.27. The lowest BCUT2D eigenvalue weighted by atomic mass is 9.94. The monoisotopic (exact) mass is 449 g/mol. The SMILES string of the molecule is CC(C)[C@H](NS(=O)(=O)c1cccs1)C(=O)N1CCC(C(=O)Nc2ccccc2)CC1. The number of hydrogen-bond donors (Lipinski definition) is 2. The highest BCUT2D eigenvalue weighted by molar-refractivity contribution is 7.91. The molecule has 0 spiro atoms. The second-order valence-corrected chi connectivity index (χ2v) is 10.6. The van der Waals surface area contributed by atoms with Gasteiger partial charge in [-0.2, -0.15) is 4.72 Å². The molecular formula is C21H27N3O4S2. The number of sulfonamides is 1. The minimum absolute atomic E-state index is 0.0490. The summed E-state index contributed by atoms with van der Waals surface area (Å²) in [4.78, 5) is 27.2. The van der Waals surface area contributed by atoms with Gasteiger partial charge in [-0.05, 0) is 42.3 Å². The van der Waals surface area contributed by atoms with E-state index < -0.39 is 16.1 Å². The fraction of sp³-hybridized carbons (Fsp3) is 0.429. The van der Waals surface area contributed by atoms with Gasteiger partial charge in [0.2, 0.25) is 11.8 Å². The van der Waals surface area contributed by atoms with Gasteiger partial charge in [-0.3, -0.25) is 9.59 Å². The van der Waals surface area contributed by atoms with Crippen molar-refractivity contribution < 1.29 is 18.0 Å². The summed E-state index contributed by atoms with van der Waals surface area (Å²) >= 11 is 1.12.